The van der Waals surface area contributed by atoms with E-state index < -0.39 is 17.3 Å². The number of piperidine rings is 1. The molecule has 1 saturated heterocycles. The van der Waals surface area contributed by atoms with Gasteiger partial charge in [-0.05, 0) is 51.3 Å². The molecule has 1 aromatic carbocycles. The van der Waals surface area contributed by atoms with Crippen LogP contribution < -0.4 is 0 Å². The predicted octanol–water partition coefficient (Wildman–Crippen LogP) is 5.27. The van der Waals surface area contributed by atoms with E-state index in [1.165, 1.54) is 6.07 Å². The molecule has 146 valence electrons. The molecular formula is C18H23ClF3NO3. The van der Waals surface area contributed by atoms with Crippen LogP contribution in [0.4, 0.5) is 18.0 Å². The van der Waals surface area contributed by atoms with E-state index >= 15 is 0 Å². The number of nitrogens with zero attached hydrogens (tertiary/aromatic N) is 1. The summed E-state index contributed by atoms with van der Waals surface area (Å²) in [5.41, 5.74) is -0.810. The number of amides is 1. The lowest BCUT2D eigenvalue weighted by Crippen LogP contribution is -2.43. The molecule has 0 spiro atoms. The van der Waals surface area contributed by atoms with E-state index in [2.05, 4.69) is 0 Å². The molecule has 0 aliphatic carbocycles. The van der Waals surface area contributed by atoms with Crippen molar-refractivity contribution in [1.29, 1.82) is 0 Å². The standard InChI is InChI=1S/C18H23ClF3NO3/c1-17(2,3)26-16(24)23-8-6-14(7-9-23)25-11-12-4-5-13(10-15(12)19)18(20,21)22/h4-5,10,14H,6-9,11H2,1-3H3. The molecule has 0 unspecified atom stereocenters. The van der Waals surface area contributed by atoms with Crippen molar-refractivity contribution in [2.75, 3.05) is 13.1 Å². The summed E-state index contributed by atoms with van der Waals surface area (Å²) < 4.78 is 49.0. The van der Waals surface area contributed by atoms with Gasteiger partial charge in [-0.2, -0.15) is 13.2 Å². The zero-order valence-electron chi connectivity index (χ0n) is 15.0. The van der Waals surface area contributed by atoms with Gasteiger partial charge in [-0.3, -0.25) is 0 Å². The van der Waals surface area contributed by atoms with Crippen LogP contribution in [0.2, 0.25) is 5.02 Å². The zero-order chi connectivity index (χ0) is 19.5. The van der Waals surface area contributed by atoms with Crippen LogP contribution in [0.3, 0.4) is 0 Å². The van der Waals surface area contributed by atoms with Crippen LogP contribution in [0, 0.1) is 0 Å². The Labute approximate surface area is 156 Å². The average Bonchev–Trinajstić information content (AvgIpc) is 2.51. The summed E-state index contributed by atoms with van der Waals surface area (Å²) in [6, 6.07) is 3.24. The number of carbonyl (C=O) groups excluding carboxylic acids is 1. The number of rotatable bonds is 3. The summed E-state index contributed by atoms with van der Waals surface area (Å²) in [6.45, 7) is 6.60. The summed E-state index contributed by atoms with van der Waals surface area (Å²) in [6.07, 6.45) is -3.57. The first kappa shape index (κ1) is 20.8. The quantitative estimate of drug-likeness (QED) is 0.701. The third kappa shape index (κ3) is 6.06. The topological polar surface area (TPSA) is 38.8 Å². The maximum atomic E-state index is 12.6. The number of carbonyl (C=O) groups is 1. The fourth-order valence-corrected chi connectivity index (χ4v) is 2.81. The minimum Gasteiger partial charge on any atom is -0.444 e. The van der Waals surface area contributed by atoms with Gasteiger partial charge in [-0.15, -0.1) is 0 Å². The first-order valence-electron chi connectivity index (χ1n) is 8.41. The molecule has 1 heterocycles. The summed E-state index contributed by atoms with van der Waals surface area (Å²) in [5.74, 6) is 0. The molecule has 0 atom stereocenters. The number of hydrogen-bond donors (Lipinski definition) is 0. The first-order chi connectivity index (χ1) is 12.0. The predicted molar refractivity (Wildman–Crippen MR) is 92.1 cm³/mol. The Morgan fingerprint density at radius 3 is 2.35 bits per heavy atom. The molecule has 1 aromatic rings. The molecular weight excluding hydrogens is 371 g/mol. The third-order valence-electron chi connectivity index (χ3n) is 3.95. The van der Waals surface area contributed by atoms with Gasteiger partial charge in [0.05, 0.1) is 18.3 Å². The fourth-order valence-electron chi connectivity index (χ4n) is 2.58. The van der Waals surface area contributed by atoms with Crippen molar-refractivity contribution in [3.63, 3.8) is 0 Å². The van der Waals surface area contributed by atoms with Crippen molar-refractivity contribution >= 4 is 17.7 Å². The molecule has 4 nitrogen and oxygen atoms in total. The summed E-state index contributed by atoms with van der Waals surface area (Å²) in [4.78, 5) is 13.6. The van der Waals surface area contributed by atoms with Crippen molar-refractivity contribution in [2.45, 2.75) is 58.1 Å². The Kier molecular flexibility index (Phi) is 6.45. The number of halogens is 4. The van der Waals surface area contributed by atoms with Crippen molar-refractivity contribution in [2.24, 2.45) is 0 Å². The lowest BCUT2D eigenvalue weighted by molar-refractivity contribution is -0.137. The summed E-state index contributed by atoms with van der Waals surface area (Å²) >= 11 is 5.93. The van der Waals surface area contributed by atoms with Gasteiger partial charge < -0.3 is 14.4 Å². The van der Waals surface area contributed by atoms with Crippen LogP contribution in [-0.2, 0) is 22.3 Å². The highest BCUT2D eigenvalue weighted by atomic mass is 35.5. The molecule has 0 N–H and O–H groups in total. The minimum atomic E-state index is -4.42. The van der Waals surface area contributed by atoms with E-state index in [1.807, 2.05) is 20.8 Å². The first-order valence-corrected chi connectivity index (χ1v) is 8.78. The molecule has 0 radical (unpaired) electrons. The van der Waals surface area contributed by atoms with Crippen LogP contribution in [0.5, 0.6) is 0 Å². The fraction of sp³-hybridized carbons (Fsp3) is 0.611. The Bertz CT molecular complexity index is 636. The molecule has 1 aliphatic heterocycles. The van der Waals surface area contributed by atoms with Crippen molar-refractivity contribution < 1.29 is 27.4 Å². The normalized spacial score (nSPS) is 16.7. The van der Waals surface area contributed by atoms with Crippen molar-refractivity contribution in [3.8, 4) is 0 Å². The molecule has 1 amide bonds. The summed E-state index contributed by atoms with van der Waals surface area (Å²) in [7, 11) is 0. The van der Waals surface area contributed by atoms with Gasteiger partial charge in [0.1, 0.15) is 5.60 Å². The second-order valence-electron chi connectivity index (χ2n) is 7.28. The lowest BCUT2D eigenvalue weighted by atomic mass is 10.1. The van der Waals surface area contributed by atoms with E-state index in [0.29, 0.717) is 31.5 Å². The number of alkyl halides is 3. The van der Waals surface area contributed by atoms with Crippen LogP contribution in [0.1, 0.15) is 44.7 Å². The number of benzene rings is 1. The van der Waals surface area contributed by atoms with E-state index in [4.69, 9.17) is 21.1 Å². The second kappa shape index (κ2) is 8.05. The molecule has 1 aliphatic rings. The monoisotopic (exact) mass is 393 g/mol. The van der Waals surface area contributed by atoms with Gasteiger partial charge in [0.15, 0.2) is 0 Å². The van der Waals surface area contributed by atoms with Crippen LogP contribution >= 0.6 is 11.6 Å². The van der Waals surface area contributed by atoms with Gasteiger partial charge in [0.2, 0.25) is 0 Å². The highest BCUT2D eigenvalue weighted by Crippen LogP contribution is 2.32. The molecule has 0 aromatic heterocycles. The highest BCUT2D eigenvalue weighted by Gasteiger charge is 2.31. The van der Waals surface area contributed by atoms with Crippen molar-refractivity contribution in [1.82, 2.24) is 4.90 Å². The molecule has 0 saturated carbocycles. The average molecular weight is 394 g/mol. The minimum absolute atomic E-state index is 0.0333. The van der Waals surface area contributed by atoms with Gasteiger partial charge in [-0.25, -0.2) is 4.79 Å². The Morgan fingerprint density at radius 2 is 1.85 bits per heavy atom. The van der Waals surface area contributed by atoms with E-state index in [0.717, 1.165) is 12.1 Å². The number of ether oxygens (including phenoxy) is 2. The second-order valence-corrected chi connectivity index (χ2v) is 7.69. The SMILES string of the molecule is CC(C)(C)OC(=O)N1CCC(OCc2ccc(C(F)(F)F)cc2Cl)CC1. The number of hydrogen-bond acceptors (Lipinski definition) is 3. The third-order valence-corrected chi connectivity index (χ3v) is 4.30. The Morgan fingerprint density at radius 1 is 1.23 bits per heavy atom. The van der Waals surface area contributed by atoms with E-state index in [1.54, 1.807) is 4.90 Å². The zero-order valence-corrected chi connectivity index (χ0v) is 15.8. The Hall–Kier alpha value is -1.47. The van der Waals surface area contributed by atoms with Gasteiger partial charge >= 0.3 is 12.3 Å². The van der Waals surface area contributed by atoms with E-state index in [-0.39, 0.29) is 23.8 Å². The van der Waals surface area contributed by atoms with Crippen LogP contribution in [0.25, 0.3) is 0 Å². The lowest BCUT2D eigenvalue weighted by Gasteiger charge is -2.33. The van der Waals surface area contributed by atoms with Crippen LogP contribution in [-0.4, -0.2) is 35.8 Å². The summed E-state index contributed by atoms with van der Waals surface area (Å²) in [5, 5.41) is 0.0333. The maximum absolute atomic E-state index is 12.6. The maximum Gasteiger partial charge on any atom is 0.416 e. The van der Waals surface area contributed by atoms with Crippen molar-refractivity contribution in [3.05, 3.63) is 34.3 Å². The van der Waals surface area contributed by atoms with E-state index in [9.17, 15) is 18.0 Å². The molecule has 0 bridgehead atoms. The van der Waals surface area contributed by atoms with Gasteiger partial charge in [-0.1, -0.05) is 17.7 Å². The molecule has 1 fully saturated rings. The highest BCUT2D eigenvalue weighted by molar-refractivity contribution is 6.31. The smallest absolute Gasteiger partial charge is 0.416 e. The number of likely N-dealkylation sites (tertiary alicyclic amines) is 1. The Balaban J connectivity index is 1.83. The molecule has 26 heavy (non-hydrogen) atoms. The molecule has 8 heteroatoms. The van der Waals surface area contributed by atoms with Gasteiger partial charge in [0.25, 0.3) is 0 Å². The van der Waals surface area contributed by atoms with Crippen LogP contribution in [0.15, 0.2) is 18.2 Å². The van der Waals surface area contributed by atoms with Gasteiger partial charge in [0, 0.05) is 18.1 Å². The largest absolute Gasteiger partial charge is 0.444 e. The molecule has 2 rings (SSSR count).